The summed E-state index contributed by atoms with van der Waals surface area (Å²) in [6.07, 6.45) is 0.835. The molecule has 3 heterocycles. The third kappa shape index (κ3) is 2.93. The third-order valence-electron chi connectivity index (χ3n) is 6.86. The highest BCUT2D eigenvalue weighted by Gasteiger charge is 2.61. The monoisotopic (exact) mass is 447 g/mol. The van der Waals surface area contributed by atoms with E-state index in [1.165, 1.54) is 9.69 Å². The molecule has 172 valence electrons. The van der Waals surface area contributed by atoms with Crippen LogP contribution >= 0.6 is 0 Å². The number of amides is 2. The van der Waals surface area contributed by atoms with Crippen molar-refractivity contribution in [1.29, 1.82) is 0 Å². The van der Waals surface area contributed by atoms with Gasteiger partial charge in [-0.2, -0.15) is 9.48 Å². The Morgan fingerprint density at radius 2 is 1.67 bits per heavy atom. The van der Waals surface area contributed by atoms with Gasteiger partial charge in [0.15, 0.2) is 0 Å². The Bertz CT molecular complexity index is 1330. The first-order valence-electron chi connectivity index (χ1n) is 11.4. The molecule has 1 aromatic heterocycles. The number of carbonyl (C=O) groups is 2. The van der Waals surface area contributed by atoms with Crippen molar-refractivity contribution in [1.82, 2.24) is 19.6 Å². The second-order valence-electron chi connectivity index (χ2n) is 9.67. The Labute approximate surface area is 192 Å². The molecule has 0 unspecified atom stereocenters. The van der Waals surface area contributed by atoms with Crippen LogP contribution < -0.4 is 16.1 Å². The van der Waals surface area contributed by atoms with E-state index in [9.17, 15) is 14.4 Å². The predicted molar refractivity (Wildman–Crippen MR) is 126 cm³/mol. The van der Waals surface area contributed by atoms with Gasteiger partial charge in [0.25, 0.3) is 17.5 Å². The molecule has 2 aliphatic heterocycles. The van der Waals surface area contributed by atoms with Gasteiger partial charge >= 0.3 is 5.69 Å². The zero-order valence-electron chi connectivity index (χ0n) is 19.6. The van der Waals surface area contributed by atoms with Crippen LogP contribution in [0.15, 0.2) is 53.3 Å². The molecular weight excluding hydrogens is 418 g/mol. The van der Waals surface area contributed by atoms with Crippen LogP contribution in [0.2, 0.25) is 0 Å². The number of nitrogens with one attached hydrogen (secondary N) is 1. The number of carbonyl (C=O) groups excluding carboxylic acids is 2. The van der Waals surface area contributed by atoms with Crippen LogP contribution in [-0.4, -0.2) is 26.0 Å². The summed E-state index contributed by atoms with van der Waals surface area (Å²) in [5.74, 6) is -0.659. The highest BCUT2D eigenvalue weighted by Crippen LogP contribution is 2.41. The molecule has 0 bridgehead atoms. The summed E-state index contributed by atoms with van der Waals surface area (Å²) in [4.78, 5) is 41.4. The zero-order chi connectivity index (χ0) is 23.7. The van der Waals surface area contributed by atoms with Crippen molar-refractivity contribution < 1.29 is 9.59 Å². The van der Waals surface area contributed by atoms with E-state index in [0.29, 0.717) is 11.6 Å². The van der Waals surface area contributed by atoms with Crippen LogP contribution in [0.1, 0.15) is 58.6 Å². The summed E-state index contributed by atoms with van der Waals surface area (Å²) in [6, 6.07) is 15.3. The Morgan fingerprint density at radius 1 is 1.03 bits per heavy atom. The van der Waals surface area contributed by atoms with Crippen LogP contribution in [0, 0.1) is 5.92 Å². The maximum atomic E-state index is 13.5. The van der Waals surface area contributed by atoms with Gasteiger partial charge in [0.1, 0.15) is 0 Å². The fourth-order valence-electron chi connectivity index (χ4n) is 5.12. The van der Waals surface area contributed by atoms with Gasteiger partial charge in [-0.3, -0.25) is 15.0 Å². The summed E-state index contributed by atoms with van der Waals surface area (Å²) in [6.45, 7) is 9.75. The smallest absolute Gasteiger partial charge is 0.272 e. The van der Waals surface area contributed by atoms with Gasteiger partial charge in [-0.25, -0.2) is 14.5 Å². The number of nitrogens with zero attached hydrogens (tertiary/aromatic N) is 4. The van der Waals surface area contributed by atoms with Crippen molar-refractivity contribution in [3.63, 3.8) is 0 Å². The molecule has 0 fully saturated rings. The fraction of sp³-hybridized carbons (Fsp3) is 0.400. The van der Waals surface area contributed by atoms with Crippen molar-refractivity contribution in [2.24, 2.45) is 5.92 Å². The van der Waals surface area contributed by atoms with Crippen molar-refractivity contribution in [3.8, 4) is 11.1 Å². The number of hydrazine groups is 1. The summed E-state index contributed by atoms with van der Waals surface area (Å²) in [5, 5.41) is 1.35. The lowest BCUT2D eigenvalue weighted by Gasteiger charge is -2.26. The summed E-state index contributed by atoms with van der Waals surface area (Å²) in [5.41, 5.74) is 4.87. The molecule has 0 aliphatic carbocycles. The lowest BCUT2D eigenvalue weighted by molar-refractivity contribution is -0.129. The second kappa shape index (κ2) is 7.23. The maximum Gasteiger partial charge on any atom is 0.363 e. The van der Waals surface area contributed by atoms with E-state index >= 15 is 0 Å². The molecule has 3 atom stereocenters. The van der Waals surface area contributed by atoms with E-state index in [0.717, 1.165) is 23.1 Å². The Balaban J connectivity index is 1.48. The number of rotatable bonds is 5. The topological polar surface area (TPSA) is 81.3 Å². The number of fused-ring (bicyclic) bond motifs is 4. The van der Waals surface area contributed by atoms with Crippen molar-refractivity contribution in [3.05, 3.63) is 64.6 Å². The quantitative estimate of drug-likeness (QED) is 0.651. The van der Waals surface area contributed by atoms with Crippen LogP contribution in [0.5, 0.6) is 0 Å². The number of aromatic nitrogens is 3. The molecule has 8 nitrogen and oxygen atoms in total. The molecule has 2 aromatic carbocycles. The molecule has 0 saturated carbocycles. The van der Waals surface area contributed by atoms with Crippen LogP contribution in [0.3, 0.4) is 0 Å². The molecule has 1 N–H and O–H groups in total. The average molecular weight is 448 g/mol. The summed E-state index contributed by atoms with van der Waals surface area (Å²) in [7, 11) is 0. The molecule has 2 amide bonds. The average Bonchev–Trinajstić information content (AvgIpc) is 3.37. The Morgan fingerprint density at radius 3 is 2.36 bits per heavy atom. The van der Waals surface area contributed by atoms with Crippen molar-refractivity contribution >= 4 is 17.5 Å². The second-order valence-corrected chi connectivity index (χ2v) is 9.67. The number of hydrogen-bond acceptors (Lipinski definition) is 3. The number of hydrogen-bond donors (Lipinski definition) is 1. The lowest BCUT2D eigenvalue weighted by atomic mass is 9.92. The number of anilines is 1. The molecule has 3 aromatic rings. The first kappa shape index (κ1) is 21.3. The normalized spacial score (nSPS) is 21.8. The molecule has 5 rings (SSSR count). The minimum absolute atomic E-state index is 0.0153. The molecule has 0 radical (unpaired) electrons. The standard InChI is InChI=1S/C25H29N5O3/c1-15(2)14-16(3)28-24(33)29-25(5,30(28)29)23(32)26-27-21-13-9-8-12-20(21)19-11-7-6-10-18(19)17(4)22(27)31/h6-13,15-17H,14H2,1-5H3,(H,26,32)/t16-,17+,25+,29?,30?/m1/s1. The zero-order valence-corrected chi connectivity index (χ0v) is 19.6. The molecule has 0 saturated heterocycles. The Kier molecular flexibility index (Phi) is 4.67. The molecule has 0 spiro atoms. The predicted octanol–water partition coefficient (Wildman–Crippen LogP) is 3.44. The number of benzene rings is 2. The van der Waals surface area contributed by atoms with E-state index in [4.69, 9.17) is 0 Å². The highest BCUT2D eigenvalue weighted by molar-refractivity contribution is 6.07. The van der Waals surface area contributed by atoms with Gasteiger partial charge in [0.2, 0.25) is 0 Å². The minimum Gasteiger partial charge on any atom is -0.272 e. The van der Waals surface area contributed by atoms with Crippen molar-refractivity contribution in [2.45, 2.75) is 58.7 Å². The van der Waals surface area contributed by atoms with E-state index in [1.54, 1.807) is 16.4 Å². The maximum absolute atomic E-state index is 13.5. The van der Waals surface area contributed by atoms with Gasteiger partial charge in [-0.05, 0) is 50.3 Å². The SMILES string of the molecule is CC(C)C[C@@H](C)n1c(=O)n2n1[C@@]2(C)C(=O)NN1C(=O)[C@@H](C)c2ccccc2-c2ccccc21. The first-order chi connectivity index (χ1) is 15.7. The Hall–Kier alpha value is -3.55. The van der Waals surface area contributed by atoms with Gasteiger partial charge in [0, 0.05) is 5.56 Å². The van der Waals surface area contributed by atoms with Gasteiger partial charge in [0.05, 0.1) is 17.6 Å². The fourth-order valence-corrected chi connectivity index (χ4v) is 5.12. The van der Waals surface area contributed by atoms with Crippen LogP contribution in [-0.2, 0) is 15.3 Å². The van der Waals surface area contributed by atoms with Crippen molar-refractivity contribution in [2.75, 3.05) is 5.01 Å². The first-order valence-corrected chi connectivity index (χ1v) is 11.4. The molecule has 2 aliphatic rings. The van der Waals surface area contributed by atoms with Crippen LogP contribution in [0.4, 0.5) is 5.69 Å². The van der Waals surface area contributed by atoms with Gasteiger partial charge in [-0.15, -0.1) is 0 Å². The largest absolute Gasteiger partial charge is 0.363 e. The minimum atomic E-state index is -1.15. The van der Waals surface area contributed by atoms with Gasteiger partial charge in [-0.1, -0.05) is 56.3 Å². The van der Waals surface area contributed by atoms with E-state index in [2.05, 4.69) is 19.3 Å². The van der Waals surface area contributed by atoms with Gasteiger partial charge < -0.3 is 0 Å². The number of para-hydroxylation sites is 1. The molecule has 8 heteroatoms. The summed E-state index contributed by atoms with van der Waals surface area (Å²) < 4.78 is 3.07. The molecular formula is C25H29N5O3. The van der Waals surface area contributed by atoms with E-state index in [-0.39, 0.29) is 17.6 Å². The molecule has 33 heavy (non-hydrogen) atoms. The van der Waals surface area contributed by atoms with E-state index < -0.39 is 17.5 Å². The van der Waals surface area contributed by atoms with Crippen LogP contribution in [0.25, 0.3) is 11.1 Å². The third-order valence-corrected chi connectivity index (χ3v) is 6.86. The lowest BCUT2D eigenvalue weighted by Crippen LogP contribution is -2.52. The summed E-state index contributed by atoms with van der Waals surface area (Å²) >= 11 is 0. The highest BCUT2D eigenvalue weighted by atomic mass is 16.2. The van der Waals surface area contributed by atoms with E-state index in [1.807, 2.05) is 62.4 Å².